The molecule has 0 bridgehead atoms. The van der Waals surface area contributed by atoms with Gasteiger partial charge in [-0.25, -0.2) is 17.9 Å². The molecule has 136 valence electrons. The molecule has 0 saturated heterocycles. The van der Waals surface area contributed by atoms with E-state index in [1.54, 1.807) is 31.2 Å². The number of ether oxygens (including phenoxy) is 1. The Morgan fingerprint density at radius 3 is 2.69 bits per heavy atom. The topological polar surface area (TPSA) is 89.5 Å². The first-order valence-corrected chi connectivity index (χ1v) is 10.2. The Morgan fingerprint density at radius 2 is 2.00 bits per heavy atom. The second-order valence-corrected chi connectivity index (χ2v) is 8.29. The summed E-state index contributed by atoms with van der Waals surface area (Å²) in [5, 5.41) is 0. The molecule has 0 aliphatic heterocycles. The molecule has 1 atom stereocenters. The number of Topliss-reactive ketones (excluding diaryl/α,β-unsaturated/α-hetero) is 1. The first-order valence-electron chi connectivity index (χ1n) is 7.94. The third-order valence-electron chi connectivity index (χ3n) is 4.06. The molecule has 2 aromatic carbocycles. The second-order valence-electron chi connectivity index (χ2n) is 5.75. The van der Waals surface area contributed by atoms with Gasteiger partial charge in [-0.15, -0.1) is 0 Å². The lowest BCUT2D eigenvalue weighted by Crippen LogP contribution is -2.28. The predicted octanol–water partition coefficient (Wildman–Crippen LogP) is 3.23. The zero-order valence-corrected chi connectivity index (χ0v) is 16.3. The molecular weight excluding hydrogens is 422 g/mol. The molecule has 0 unspecified atom stereocenters. The molecule has 0 fully saturated rings. The number of hydrogen-bond donors (Lipinski definition) is 1. The molecule has 26 heavy (non-hydrogen) atoms. The molecule has 1 N–H and O–H groups in total. The van der Waals surface area contributed by atoms with Gasteiger partial charge in [0.1, 0.15) is 0 Å². The van der Waals surface area contributed by atoms with Crippen LogP contribution in [0.4, 0.5) is 0 Å². The highest BCUT2D eigenvalue weighted by atomic mass is 79.9. The minimum atomic E-state index is -3.90. The molecule has 0 saturated carbocycles. The number of hydrogen-bond acceptors (Lipinski definition) is 5. The maximum Gasteiger partial charge on any atom is 0.338 e. The Bertz CT molecular complexity index is 987. The Morgan fingerprint density at radius 1 is 1.27 bits per heavy atom. The van der Waals surface area contributed by atoms with Crippen molar-refractivity contribution in [2.45, 2.75) is 24.3 Å². The molecule has 3 rings (SSSR count). The summed E-state index contributed by atoms with van der Waals surface area (Å²) in [6, 6.07) is 10.5. The van der Waals surface area contributed by atoms with Gasteiger partial charge in [0.25, 0.3) is 0 Å². The van der Waals surface area contributed by atoms with Gasteiger partial charge in [-0.2, -0.15) is 0 Å². The first-order chi connectivity index (χ1) is 12.3. The molecule has 0 heterocycles. The highest BCUT2D eigenvalue weighted by Gasteiger charge is 2.33. The van der Waals surface area contributed by atoms with E-state index in [1.165, 1.54) is 18.2 Å². The Balaban J connectivity index is 1.88. The SMILES string of the molecule is CCOC(=O)c1ccc(S(=O)(=O)N[C@@H]2CC(=O)c3ccccc32)c(Br)c1. The van der Waals surface area contributed by atoms with Crippen LogP contribution in [-0.4, -0.2) is 26.8 Å². The number of fused-ring (bicyclic) bond motifs is 1. The van der Waals surface area contributed by atoms with Gasteiger partial charge < -0.3 is 4.74 Å². The van der Waals surface area contributed by atoms with Crippen molar-refractivity contribution >= 4 is 37.7 Å². The molecule has 0 radical (unpaired) electrons. The van der Waals surface area contributed by atoms with Crippen molar-refractivity contribution in [3.8, 4) is 0 Å². The van der Waals surface area contributed by atoms with Crippen LogP contribution < -0.4 is 4.72 Å². The van der Waals surface area contributed by atoms with Crippen LogP contribution >= 0.6 is 15.9 Å². The van der Waals surface area contributed by atoms with Gasteiger partial charge in [0, 0.05) is 16.5 Å². The van der Waals surface area contributed by atoms with Crippen molar-refractivity contribution in [1.29, 1.82) is 0 Å². The van der Waals surface area contributed by atoms with E-state index in [0.29, 0.717) is 11.1 Å². The Hall–Kier alpha value is -2.03. The number of benzene rings is 2. The van der Waals surface area contributed by atoms with Crippen LogP contribution in [0.25, 0.3) is 0 Å². The summed E-state index contributed by atoms with van der Waals surface area (Å²) in [6.45, 7) is 1.92. The number of rotatable bonds is 5. The van der Waals surface area contributed by atoms with Gasteiger partial charge >= 0.3 is 5.97 Å². The Kier molecular flexibility index (Phi) is 5.27. The summed E-state index contributed by atoms with van der Waals surface area (Å²) in [7, 11) is -3.90. The minimum absolute atomic E-state index is 0.0117. The van der Waals surface area contributed by atoms with Crippen molar-refractivity contribution < 1.29 is 22.7 Å². The molecule has 1 aliphatic rings. The minimum Gasteiger partial charge on any atom is -0.462 e. The number of carbonyl (C=O) groups is 2. The maximum absolute atomic E-state index is 12.8. The lowest BCUT2D eigenvalue weighted by Gasteiger charge is -2.15. The van der Waals surface area contributed by atoms with E-state index in [-0.39, 0.29) is 33.7 Å². The van der Waals surface area contributed by atoms with Crippen LogP contribution in [0.5, 0.6) is 0 Å². The molecule has 8 heteroatoms. The smallest absolute Gasteiger partial charge is 0.338 e. The van der Waals surface area contributed by atoms with Crippen LogP contribution in [0.2, 0.25) is 0 Å². The largest absolute Gasteiger partial charge is 0.462 e. The number of nitrogens with one attached hydrogen (secondary N) is 1. The quantitative estimate of drug-likeness (QED) is 0.725. The van der Waals surface area contributed by atoms with Crippen LogP contribution in [-0.2, 0) is 14.8 Å². The molecule has 6 nitrogen and oxygen atoms in total. The molecule has 0 amide bonds. The molecular formula is C18H16BrNO5S. The van der Waals surface area contributed by atoms with Crippen molar-refractivity contribution in [3.05, 3.63) is 63.6 Å². The molecule has 0 spiro atoms. The van der Waals surface area contributed by atoms with Crippen molar-refractivity contribution in [2.75, 3.05) is 6.61 Å². The summed E-state index contributed by atoms with van der Waals surface area (Å²) in [5.74, 6) is -0.620. The van der Waals surface area contributed by atoms with E-state index in [1.807, 2.05) is 0 Å². The fourth-order valence-corrected chi connectivity index (χ4v) is 5.17. The average Bonchev–Trinajstić information content (AvgIpc) is 2.90. The zero-order chi connectivity index (χ0) is 18.9. The van der Waals surface area contributed by atoms with Gasteiger partial charge in [0.15, 0.2) is 5.78 Å². The van der Waals surface area contributed by atoms with Crippen molar-refractivity contribution in [1.82, 2.24) is 4.72 Å². The summed E-state index contributed by atoms with van der Waals surface area (Å²) in [6.07, 6.45) is 0.0805. The number of sulfonamides is 1. The highest BCUT2D eigenvalue weighted by molar-refractivity contribution is 9.10. The van der Waals surface area contributed by atoms with Crippen LogP contribution in [0.3, 0.4) is 0 Å². The van der Waals surface area contributed by atoms with Crippen molar-refractivity contribution in [2.24, 2.45) is 0 Å². The monoisotopic (exact) mass is 437 g/mol. The van der Waals surface area contributed by atoms with E-state index in [0.717, 1.165) is 0 Å². The third kappa shape index (κ3) is 3.58. The summed E-state index contributed by atoms with van der Waals surface area (Å²) in [4.78, 5) is 23.8. The number of esters is 1. The van der Waals surface area contributed by atoms with Gasteiger partial charge in [0.2, 0.25) is 10.0 Å². The number of halogens is 1. The molecule has 1 aliphatic carbocycles. The second kappa shape index (κ2) is 7.30. The summed E-state index contributed by atoms with van der Waals surface area (Å²) < 4.78 is 33.3. The normalized spacial score (nSPS) is 16.4. The summed E-state index contributed by atoms with van der Waals surface area (Å²) in [5.41, 5.74) is 1.45. The van der Waals surface area contributed by atoms with E-state index in [4.69, 9.17) is 4.74 Å². The van der Waals surface area contributed by atoms with Crippen LogP contribution in [0.15, 0.2) is 51.8 Å². The summed E-state index contributed by atoms with van der Waals surface area (Å²) >= 11 is 3.20. The van der Waals surface area contributed by atoms with Crippen LogP contribution in [0.1, 0.15) is 45.7 Å². The molecule has 2 aromatic rings. The van der Waals surface area contributed by atoms with Gasteiger partial charge in [-0.05, 0) is 46.6 Å². The fourth-order valence-electron chi connectivity index (χ4n) is 2.88. The third-order valence-corrected chi connectivity index (χ3v) is 6.50. The zero-order valence-electron chi connectivity index (χ0n) is 13.9. The standard InChI is InChI=1S/C18H16BrNO5S/c1-2-25-18(22)11-7-8-17(14(19)9-11)26(23,24)20-15-10-16(21)13-6-4-3-5-12(13)15/h3-9,15,20H,2,10H2,1H3/t15-/m1/s1. The fraction of sp³-hybridized carbons (Fsp3) is 0.222. The lowest BCUT2D eigenvalue weighted by atomic mass is 10.1. The van der Waals surface area contributed by atoms with Gasteiger partial charge in [-0.3, -0.25) is 4.79 Å². The Labute approximate surface area is 159 Å². The van der Waals surface area contributed by atoms with Crippen LogP contribution in [0, 0.1) is 0 Å². The van der Waals surface area contributed by atoms with E-state index >= 15 is 0 Å². The van der Waals surface area contributed by atoms with Gasteiger partial charge in [0.05, 0.1) is 23.1 Å². The van der Waals surface area contributed by atoms with Gasteiger partial charge in [-0.1, -0.05) is 24.3 Å². The first kappa shape index (κ1) is 18.8. The van der Waals surface area contributed by atoms with E-state index < -0.39 is 22.0 Å². The molecule has 0 aromatic heterocycles. The van der Waals surface area contributed by atoms with Crippen molar-refractivity contribution in [3.63, 3.8) is 0 Å². The predicted molar refractivity (Wildman–Crippen MR) is 98.6 cm³/mol. The highest BCUT2D eigenvalue weighted by Crippen LogP contribution is 2.33. The average molecular weight is 438 g/mol. The number of carbonyl (C=O) groups excluding carboxylic acids is 2. The van der Waals surface area contributed by atoms with E-state index in [2.05, 4.69) is 20.7 Å². The number of ketones is 1. The van der Waals surface area contributed by atoms with E-state index in [9.17, 15) is 18.0 Å². The lowest BCUT2D eigenvalue weighted by molar-refractivity contribution is 0.0526. The maximum atomic E-state index is 12.8.